The molecule has 0 saturated heterocycles. The molecule has 0 spiro atoms. The molecule has 9 rings (SSSR count). The van der Waals surface area contributed by atoms with Crippen molar-refractivity contribution in [3.05, 3.63) is 192 Å². The molecule has 0 aliphatic heterocycles. The molecule has 4 nitrogen and oxygen atoms in total. The van der Waals surface area contributed by atoms with Crippen molar-refractivity contribution < 1.29 is 22.9 Å². The van der Waals surface area contributed by atoms with Gasteiger partial charge >= 0.3 is 0 Å². The number of aryl methyl sites for hydroxylation is 1. The Morgan fingerprint density at radius 1 is 0.594 bits per heavy atom. The van der Waals surface area contributed by atoms with Crippen LogP contribution in [0.3, 0.4) is 0 Å². The van der Waals surface area contributed by atoms with Crippen LogP contribution in [0.25, 0.3) is 83.9 Å². The van der Waals surface area contributed by atoms with Crippen LogP contribution in [0.4, 0.5) is 0 Å². The summed E-state index contributed by atoms with van der Waals surface area (Å²) in [6.07, 6.45) is 1.43. The lowest BCUT2D eigenvalue weighted by Crippen LogP contribution is -2.10. The predicted molar refractivity (Wildman–Crippen MR) is 269 cm³/mol. The number of phenolic OH excluding ortho intramolecular Hbond substituents is 1. The number of aromatic hydroxyl groups is 1. The molecule has 0 saturated carbocycles. The molecule has 2 aromatic heterocycles. The molecule has 7 aromatic carbocycles. The maximum Gasteiger partial charge on any atom is 0.149 e. The van der Waals surface area contributed by atoms with E-state index in [1.165, 1.54) is 12.3 Å². The summed E-state index contributed by atoms with van der Waals surface area (Å²) >= 11 is 0. The Bertz CT molecular complexity index is 3680. The van der Waals surface area contributed by atoms with Gasteiger partial charge < -0.3 is 5.11 Å². The lowest BCUT2D eigenvalue weighted by molar-refractivity contribution is 0.466. The van der Waals surface area contributed by atoms with Gasteiger partial charge in [0.25, 0.3) is 0 Å². The minimum Gasteiger partial charge on any atom is -0.507 e. The fourth-order valence-electron chi connectivity index (χ4n) is 8.40. The molecule has 0 bridgehead atoms. The summed E-state index contributed by atoms with van der Waals surface area (Å²) in [7, 11) is 0. The normalized spacial score (nSPS) is 15.4. The lowest BCUT2D eigenvalue weighted by Gasteiger charge is -2.19. The van der Waals surface area contributed by atoms with Gasteiger partial charge in [0.1, 0.15) is 11.6 Å². The van der Waals surface area contributed by atoms with E-state index in [0.717, 1.165) is 66.8 Å². The van der Waals surface area contributed by atoms with Crippen LogP contribution in [-0.2, 0) is 5.41 Å². The summed E-state index contributed by atoms with van der Waals surface area (Å²) in [5.74, 6) is 0.844. The average molecular weight is 849 g/mol. The molecule has 0 aliphatic rings. The number of para-hydroxylation sites is 1. The molecule has 0 radical (unpaired) electrons. The van der Waals surface area contributed by atoms with Crippen molar-refractivity contribution in [2.24, 2.45) is 0 Å². The Morgan fingerprint density at radius 3 is 1.97 bits per heavy atom. The van der Waals surface area contributed by atoms with Gasteiger partial charge in [-0.15, -0.1) is 0 Å². The smallest absolute Gasteiger partial charge is 0.149 e. The van der Waals surface area contributed by atoms with Crippen LogP contribution in [0.2, 0.25) is 0 Å². The van der Waals surface area contributed by atoms with Crippen molar-refractivity contribution in [3.8, 4) is 78.6 Å². The summed E-state index contributed by atoms with van der Waals surface area (Å²) in [4.78, 5) is 10.3. The summed E-state index contributed by atoms with van der Waals surface area (Å²) in [5.41, 5.74) is 7.98. The van der Waals surface area contributed by atoms with Gasteiger partial charge in [-0.25, -0.2) is 4.98 Å². The number of aromatic nitrogens is 3. The molecule has 64 heavy (non-hydrogen) atoms. The highest BCUT2D eigenvalue weighted by atomic mass is 16.3. The maximum atomic E-state index is 12.3. The molecule has 318 valence electrons. The average Bonchev–Trinajstić information content (AvgIpc) is 3.78. The van der Waals surface area contributed by atoms with E-state index < -0.39 is 55.7 Å². The molecule has 9 aromatic rings. The van der Waals surface area contributed by atoms with Crippen molar-refractivity contribution >= 4 is 11.0 Å². The molecular weight excluding hydrogens is 779 g/mol. The van der Waals surface area contributed by atoms with Crippen molar-refractivity contribution in [1.82, 2.24) is 14.5 Å². The van der Waals surface area contributed by atoms with E-state index in [2.05, 4.69) is 82.5 Å². The van der Waals surface area contributed by atoms with Crippen molar-refractivity contribution in [2.45, 2.75) is 79.3 Å². The summed E-state index contributed by atoms with van der Waals surface area (Å²) in [5, 5.41) is 12.3. The quantitative estimate of drug-likeness (QED) is 0.157. The molecule has 0 amide bonds. The monoisotopic (exact) mass is 849 g/mol. The van der Waals surface area contributed by atoms with Crippen LogP contribution < -0.4 is 0 Å². The van der Waals surface area contributed by atoms with Gasteiger partial charge in [-0.1, -0.05) is 151 Å². The fraction of sp³-hybridized carbons (Fsp3) is 0.200. The minimum absolute atomic E-state index is 0.00460. The molecule has 0 aliphatic carbocycles. The molecule has 0 atom stereocenters. The molecular formula is C60H57N3O. The Kier molecular flexibility index (Phi) is 7.76. The number of nitrogens with zero attached hydrogens (tertiary/aromatic N) is 3. The Morgan fingerprint density at radius 2 is 1.28 bits per heavy atom. The van der Waals surface area contributed by atoms with E-state index in [1.54, 1.807) is 6.07 Å². The third kappa shape index (κ3) is 8.05. The number of phenols is 1. The first kappa shape index (κ1) is 29.3. The molecule has 2 heterocycles. The van der Waals surface area contributed by atoms with E-state index in [9.17, 15) is 5.11 Å². The van der Waals surface area contributed by atoms with E-state index >= 15 is 0 Å². The topological polar surface area (TPSA) is 50.9 Å². The lowest BCUT2D eigenvalue weighted by atomic mass is 9.86. The number of imidazole rings is 1. The number of fused-ring (bicyclic) bond motifs is 1. The van der Waals surface area contributed by atoms with Crippen LogP contribution >= 0.6 is 0 Å². The largest absolute Gasteiger partial charge is 0.507 e. The standard InChI is InChI=1S/C60H57N3O/c1-37(2)45-33-52(38(3)4)58(64)54(34-45)59-62-57-51(21-16-22-56(57)63(59)50-29-39(5)40(6)53(36-50)43-19-14-11-15-20-43)47-30-46(41-17-12-10-13-18-41)31-48(32-47)55-35-44(27-28-61-55)42-23-25-49(26-24-42)60(7,8)9/h10-38,64H,1-9H3/i7D3,8D3,9D3,23D,24D,25D,26D. The Labute approximate surface area is 397 Å². The van der Waals surface area contributed by atoms with E-state index in [-0.39, 0.29) is 28.7 Å². The van der Waals surface area contributed by atoms with Crippen LogP contribution in [0.5, 0.6) is 5.75 Å². The second kappa shape index (κ2) is 16.9. The van der Waals surface area contributed by atoms with E-state index in [1.807, 2.05) is 84.9 Å². The third-order valence-electron chi connectivity index (χ3n) is 12.1. The van der Waals surface area contributed by atoms with Crippen LogP contribution in [0.1, 0.15) is 106 Å². The van der Waals surface area contributed by atoms with E-state index in [0.29, 0.717) is 28.2 Å². The first-order chi connectivity index (χ1) is 36.2. The number of benzene rings is 7. The third-order valence-corrected chi connectivity index (χ3v) is 12.1. The Balaban J connectivity index is 1.30. The maximum absolute atomic E-state index is 12.3. The number of pyridine rings is 1. The van der Waals surface area contributed by atoms with Crippen LogP contribution in [0.15, 0.2) is 164 Å². The number of rotatable bonds is 9. The van der Waals surface area contributed by atoms with Crippen LogP contribution in [-0.4, -0.2) is 19.6 Å². The first-order valence-corrected chi connectivity index (χ1v) is 21.5. The zero-order valence-corrected chi connectivity index (χ0v) is 36.7. The summed E-state index contributed by atoms with van der Waals surface area (Å²) in [6, 6.07) is 39.5. The van der Waals surface area contributed by atoms with Gasteiger partial charge in [-0.2, -0.15) is 0 Å². The van der Waals surface area contributed by atoms with Gasteiger partial charge in [0, 0.05) is 35.3 Å². The van der Waals surface area contributed by atoms with Gasteiger partial charge in [-0.3, -0.25) is 9.55 Å². The molecule has 0 fully saturated rings. The Hall–Kier alpha value is -7.04. The predicted octanol–water partition coefficient (Wildman–Crippen LogP) is 16.3. The van der Waals surface area contributed by atoms with Gasteiger partial charge in [0.15, 0.2) is 0 Å². The van der Waals surface area contributed by atoms with Gasteiger partial charge in [0.05, 0.1) is 27.8 Å². The SMILES string of the molecule is [2H]c1c([2H])c(C(C([2H])([2H])[2H])(C([2H])([2H])[2H])C([2H])([2H])[2H])c([2H])c([2H])c1-c1ccnc(-c2cc(-c3ccccc3)cc(-c3cccc4c3nc(-c3cc(C(C)C)cc(C(C)C)c3O)n4-c3cc(C)c(C)c(-c4ccccc4)c3)c2)c1. The number of hydrogen-bond donors (Lipinski definition) is 1. The second-order valence-corrected chi connectivity index (χ2v) is 17.2. The van der Waals surface area contributed by atoms with Gasteiger partial charge in [-0.05, 0) is 152 Å². The number of hydrogen-bond acceptors (Lipinski definition) is 3. The van der Waals surface area contributed by atoms with Crippen molar-refractivity contribution in [3.63, 3.8) is 0 Å². The zero-order valence-electron chi connectivity index (χ0n) is 49.7. The molecule has 0 unspecified atom stereocenters. The highest BCUT2D eigenvalue weighted by molar-refractivity contribution is 5.98. The minimum atomic E-state index is -3.81. The summed E-state index contributed by atoms with van der Waals surface area (Å²) < 4.78 is 113. The summed E-state index contributed by atoms with van der Waals surface area (Å²) in [6.45, 7) is 1.16. The highest BCUT2D eigenvalue weighted by Crippen LogP contribution is 2.44. The second-order valence-electron chi connectivity index (χ2n) is 17.2. The van der Waals surface area contributed by atoms with Crippen molar-refractivity contribution in [2.75, 3.05) is 0 Å². The van der Waals surface area contributed by atoms with Gasteiger partial charge in [0.2, 0.25) is 0 Å². The fourth-order valence-corrected chi connectivity index (χ4v) is 8.40. The molecule has 4 heteroatoms. The first-order valence-electron chi connectivity index (χ1n) is 28.0. The molecule has 1 N–H and O–H groups in total. The van der Waals surface area contributed by atoms with Crippen molar-refractivity contribution in [1.29, 1.82) is 0 Å². The highest BCUT2D eigenvalue weighted by Gasteiger charge is 2.25. The van der Waals surface area contributed by atoms with Crippen LogP contribution in [0, 0.1) is 13.8 Å². The zero-order chi connectivity index (χ0) is 55.8. The van der Waals surface area contributed by atoms with E-state index in [4.69, 9.17) is 27.8 Å².